The van der Waals surface area contributed by atoms with Crippen LogP contribution in [0.25, 0.3) is 0 Å². The molecule has 0 aliphatic heterocycles. The molecule has 0 saturated carbocycles. The maximum Gasteiger partial charge on any atom is 0.317 e. The maximum atomic E-state index is 10.5. The van der Waals surface area contributed by atoms with Crippen molar-refractivity contribution in [3.8, 4) is 0 Å². The first-order chi connectivity index (χ1) is 3.68. The minimum atomic E-state index is -0.167. The van der Waals surface area contributed by atoms with Crippen molar-refractivity contribution in [2.24, 2.45) is 0 Å². The Hall–Kier alpha value is -0.440. The van der Waals surface area contributed by atoms with Crippen molar-refractivity contribution in [2.45, 2.75) is 0 Å². The van der Waals surface area contributed by atoms with E-state index >= 15 is 0 Å². The Labute approximate surface area is 53.6 Å². The van der Waals surface area contributed by atoms with Gasteiger partial charge in [-0.1, -0.05) is 0 Å². The third-order valence-corrected chi connectivity index (χ3v) is 0.758. The average Bonchev–Trinajstić information content (AvgIpc) is 1.67. The fourth-order valence-corrected chi connectivity index (χ4v) is 0.330. The highest BCUT2D eigenvalue weighted by molar-refractivity contribution is 6.18. The lowest BCUT2D eigenvalue weighted by Gasteiger charge is -2.08. The molecular weight excluding hydrogens is 128 g/mol. The third kappa shape index (κ3) is 2.69. The van der Waals surface area contributed by atoms with Crippen molar-refractivity contribution in [3.05, 3.63) is 0 Å². The Bertz CT molecular complexity index is 84.1. The highest BCUT2D eigenvalue weighted by atomic mass is 35.5. The van der Waals surface area contributed by atoms with Crippen molar-refractivity contribution in [3.63, 3.8) is 0 Å². The molecule has 0 aliphatic carbocycles. The summed E-state index contributed by atoms with van der Waals surface area (Å²) >= 11 is 5.18. The summed E-state index contributed by atoms with van der Waals surface area (Å²) in [5, 5.41) is 2.40. The summed E-state index contributed by atoms with van der Waals surface area (Å²) in [6.45, 7) is 0. The molecule has 0 saturated heterocycles. The normalized spacial score (nSPS) is 8.38. The molecule has 1 N–H and O–H groups in total. The topological polar surface area (TPSA) is 32.3 Å². The van der Waals surface area contributed by atoms with E-state index in [-0.39, 0.29) is 12.0 Å². The van der Waals surface area contributed by atoms with E-state index in [1.54, 1.807) is 14.1 Å². The zero-order valence-electron chi connectivity index (χ0n) is 4.94. The van der Waals surface area contributed by atoms with Crippen molar-refractivity contribution < 1.29 is 4.79 Å². The summed E-state index contributed by atoms with van der Waals surface area (Å²) in [5.41, 5.74) is 0. The van der Waals surface area contributed by atoms with Gasteiger partial charge in [0.15, 0.2) is 0 Å². The monoisotopic (exact) mass is 136 g/mol. The molecule has 0 heterocycles. The molecule has 0 aliphatic rings. The van der Waals surface area contributed by atoms with Crippen molar-refractivity contribution in [1.29, 1.82) is 0 Å². The average molecular weight is 137 g/mol. The molecule has 0 bridgehead atoms. The first-order valence-electron chi connectivity index (χ1n) is 2.19. The zero-order valence-corrected chi connectivity index (χ0v) is 5.70. The summed E-state index contributed by atoms with van der Waals surface area (Å²) in [6, 6.07) is -0.00296. The number of hydrogen-bond donors (Lipinski definition) is 1. The Morgan fingerprint density at radius 1 is 1.75 bits per heavy atom. The van der Waals surface area contributed by atoms with Crippen LogP contribution in [0.2, 0.25) is 0 Å². The van der Waals surface area contributed by atoms with Crippen LogP contribution in [0.1, 0.15) is 0 Å². The van der Waals surface area contributed by atoms with Crippen LogP contribution in [0, 0.1) is 0 Å². The van der Waals surface area contributed by atoms with Gasteiger partial charge in [0.05, 0.1) is 6.00 Å². The van der Waals surface area contributed by atoms with Crippen LogP contribution in [0.15, 0.2) is 0 Å². The minimum Gasteiger partial charge on any atom is -0.331 e. The highest BCUT2D eigenvalue weighted by Crippen LogP contribution is 1.76. The summed E-state index contributed by atoms with van der Waals surface area (Å²) in [7, 11) is 3.31. The van der Waals surface area contributed by atoms with Gasteiger partial charge in [-0.15, -0.1) is 11.6 Å². The Balaban J connectivity index is 3.33. The van der Waals surface area contributed by atoms with Crippen molar-refractivity contribution >= 4 is 17.6 Å². The van der Waals surface area contributed by atoms with Crippen LogP contribution in [0.4, 0.5) is 4.79 Å². The van der Waals surface area contributed by atoms with E-state index in [2.05, 4.69) is 5.32 Å². The summed E-state index contributed by atoms with van der Waals surface area (Å²) in [5.74, 6) is 0. The van der Waals surface area contributed by atoms with Crippen LogP contribution in [0.3, 0.4) is 0 Å². The number of urea groups is 1. The second kappa shape index (κ2) is 3.55. The van der Waals surface area contributed by atoms with E-state index in [4.69, 9.17) is 11.6 Å². The predicted molar refractivity (Wildman–Crippen MR) is 32.9 cm³/mol. The number of rotatable bonds is 1. The molecule has 8 heavy (non-hydrogen) atoms. The van der Waals surface area contributed by atoms with E-state index in [9.17, 15) is 4.79 Å². The number of amides is 2. The number of alkyl halides is 1. The smallest absolute Gasteiger partial charge is 0.317 e. The van der Waals surface area contributed by atoms with Crippen LogP contribution in [-0.4, -0.2) is 31.0 Å². The van der Waals surface area contributed by atoms with Gasteiger partial charge in [-0.2, -0.15) is 0 Å². The summed E-state index contributed by atoms with van der Waals surface area (Å²) < 4.78 is 0. The Morgan fingerprint density at radius 3 is 2.38 bits per heavy atom. The molecule has 48 valence electrons. The van der Waals surface area contributed by atoms with Gasteiger partial charge in [0.2, 0.25) is 0 Å². The van der Waals surface area contributed by atoms with Gasteiger partial charge in [0, 0.05) is 14.1 Å². The Morgan fingerprint density at radius 2 is 2.25 bits per heavy atom. The van der Waals surface area contributed by atoms with Gasteiger partial charge >= 0.3 is 6.03 Å². The number of nitrogens with zero attached hydrogens (tertiary/aromatic N) is 1. The predicted octanol–water partition coefficient (Wildman–Crippen LogP) is 0.454. The van der Waals surface area contributed by atoms with E-state index < -0.39 is 0 Å². The minimum absolute atomic E-state index is 0.164. The van der Waals surface area contributed by atoms with Gasteiger partial charge in [-0.05, 0) is 0 Å². The standard InChI is InChI=1S/C4H9ClN2O/c1-7(2)4(8)6-3-5/h3H2,1-2H3,(H,6,8). The van der Waals surface area contributed by atoms with Crippen molar-refractivity contribution in [1.82, 2.24) is 10.2 Å². The van der Waals surface area contributed by atoms with E-state index in [1.807, 2.05) is 0 Å². The molecule has 0 rings (SSSR count). The fourth-order valence-electron chi connectivity index (χ4n) is 0.215. The Kier molecular flexibility index (Phi) is 3.35. The van der Waals surface area contributed by atoms with Gasteiger partial charge in [-0.3, -0.25) is 0 Å². The van der Waals surface area contributed by atoms with Gasteiger partial charge < -0.3 is 10.2 Å². The molecule has 0 atom stereocenters. The number of nitrogens with one attached hydrogen (secondary N) is 1. The molecule has 0 aromatic heterocycles. The van der Waals surface area contributed by atoms with E-state index in [0.717, 1.165) is 0 Å². The number of carbonyl (C=O) groups excluding carboxylic acids is 1. The number of hydrogen-bond acceptors (Lipinski definition) is 1. The van der Waals surface area contributed by atoms with Crippen LogP contribution in [-0.2, 0) is 0 Å². The summed E-state index contributed by atoms with van der Waals surface area (Å²) in [6.07, 6.45) is 0. The quantitative estimate of drug-likeness (QED) is 0.412. The lowest BCUT2D eigenvalue weighted by Crippen LogP contribution is -2.33. The zero-order chi connectivity index (χ0) is 6.57. The molecule has 2 amide bonds. The molecule has 0 aromatic carbocycles. The van der Waals surface area contributed by atoms with E-state index in [1.165, 1.54) is 4.90 Å². The largest absolute Gasteiger partial charge is 0.331 e. The molecule has 3 nitrogen and oxygen atoms in total. The third-order valence-electron chi connectivity index (χ3n) is 0.624. The second-order valence-electron chi connectivity index (χ2n) is 1.51. The second-order valence-corrected chi connectivity index (χ2v) is 1.78. The van der Waals surface area contributed by atoms with Crippen LogP contribution in [0.5, 0.6) is 0 Å². The molecule has 0 radical (unpaired) electrons. The molecule has 0 fully saturated rings. The molecular formula is C4H9ClN2O. The SMILES string of the molecule is CN(C)C(=O)NCCl. The summed E-state index contributed by atoms with van der Waals surface area (Å²) in [4.78, 5) is 11.9. The molecule has 0 spiro atoms. The van der Waals surface area contributed by atoms with Crippen LogP contribution < -0.4 is 5.32 Å². The number of carbonyl (C=O) groups is 1. The van der Waals surface area contributed by atoms with Gasteiger partial charge in [-0.25, -0.2) is 4.79 Å². The highest BCUT2D eigenvalue weighted by Gasteiger charge is 1.97. The number of halogens is 1. The van der Waals surface area contributed by atoms with Gasteiger partial charge in [0.1, 0.15) is 0 Å². The molecule has 4 heteroatoms. The lowest BCUT2D eigenvalue weighted by atomic mass is 10.8. The fraction of sp³-hybridized carbons (Fsp3) is 0.750. The molecule has 0 unspecified atom stereocenters. The van der Waals surface area contributed by atoms with Crippen molar-refractivity contribution in [2.75, 3.05) is 20.1 Å². The van der Waals surface area contributed by atoms with Crippen LogP contribution >= 0.6 is 11.6 Å². The lowest BCUT2D eigenvalue weighted by molar-refractivity contribution is 0.219. The van der Waals surface area contributed by atoms with Gasteiger partial charge in [0.25, 0.3) is 0 Å². The first kappa shape index (κ1) is 7.56. The first-order valence-corrected chi connectivity index (χ1v) is 2.73. The maximum absolute atomic E-state index is 10.5. The van der Waals surface area contributed by atoms with E-state index in [0.29, 0.717) is 0 Å². The molecule has 0 aromatic rings.